The van der Waals surface area contributed by atoms with Gasteiger partial charge in [-0.3, -0.25) is 9.52 Å². The van der Waals surface area contributed by atoms with Crippen LogP contribution in [0, 0.1) is 5.82 Å². The summed E-state index contributed by atoms with van der Waals surface area (Å²) in [7, 11) is -4.25. The molecule has 0 spiro atoms. The first-order valence-electron chi connectivity index (χ1n) is 8.43. The summed E-state index contributed by atoms with van der Waals surface area (Å²) in [4.78, 5) is 12.1. The lowest BCUT2D eigenvalue weighted by Crippen LogP contribution is -2.18. The van der Waals surface area contributed by atoms with E-state index in [0.717, 1.165) is 24.3 Å². The van der Waals surface area contributed by atoms with Gasteiger partial charge in [-0.15, -0.1) is 0 Å². The van der Waals surface area contributed by atoms with Gasteiger partial charge in [-0.1, -0.05) is 30.3 Å². The SMILES string of the molecule is O=C(Nc1ccccc1C(F)(F)F)c1cccc(S(=O)(=O)Nc2ccccc2F)c1. The number of hydrogen-bond donors (Lipinski definition) is 2. The highest BCUT2D eigenvalue weighted by Crippen LogP contribution is 2.34. The first kappa shape index (κ1) is 21.3. The summed E-state index contributed by atoms with van der Waals surface area (Å²) in [6, 6.07) is 14.2. The minimum absolute atomic E-state index is 0.191. The second-order valence-corrected chi connectivity index (χ2v) is 7.79. The van der Waals surface area contributed by atoms with Crippen molar-refractivity contribution in [1.82, 2.24) is 0 Å². The molecule has 0 heterocycles. The number of alkyl halides is 3. The molecule has 0 saturated heterocycles. The van der Waals surface area contributed by atoms with Gasteiger partial charge in [0.25, 0.3) is 15.9 Å². The molecule has 0 aliphatic carbocycles. The van der Waals surface area contributed by atoms with Crippen LogP contribution in [0.25, 0.3) is 0 Å². The number of nitrogens with one attached hydrogen (secondary N) is 2. The van der Waals surface area contributed by atoms with Crippen molar-refractivity contribution in [2.75, 3.05) is 10.0 Å². The quantitative estimate of drug-likeness (QED) is 0.557. The Labute approximate surface area is 169 Å². The molecule has 0 radical (unpaired) electrons. The van der Waals surface area contributed by atoms with E-state index in [2.05, 4.69) is 10.0 Å². The Hall–Kier alpha value is -3.40. The van der Waals surface area contributed by atoms with Crippen molar-refractivity contribution >= 4 is 27.3 Å². The van der Waals surface area contributed by atoms with Crippen molar-refractivity contribution in [2.24, 2.45) is 0 Å². The van der Waals surface area contributed by atoms with Gasteiger partial charge in [0, 0.05) is 5.56 Å². The van der Waals surface area contributed by atoms with E-state index in [1.807, 2.05) is 0 Å². The molecule has 1 amide bonds. The van der Waals surface area contributed by atoms with Crippen LogP contribution in [0.15, 0.2) is 77.7 Å². The monoisotopic (exact) mass is 438 g/mol. The number of para-hydroxylation sites is 2. The standard InChI is InChI=1S/C20H14F4N2O3S/c21-16-9-2-4-11-18(16)26-30(28,29)14-7-5-6-13(12-14)19(27)25-17-10-3-1-8-15(17)20(22,23)24/h1-12,26H,(H,25,27). The van der Waals surface area contributed by atoms with Crippen molar-refractivity contribution in [2.45, 2.75) is 11.1 Å². The van der Waals surface area contributed by atoms with E-state index < -0.39 is 39.2 Å². The number of amides is 1. The van der Waals surface area contributed by atoms with Crippen LogP contribution in [0.4, 0.5) is 28.9 Å². The molecule has 3 aromatic rings. The Morgan fingerprint density at radius 1 is 0.833 bits per heavy atom. The molecule has 3 rings (SSSR count). The number of anilines is 2. The molecule has 3 aromatic carbocycles. The van der Waals surface area contributed by atoms with Gasteiger partial charge in [-0.05, 0) is 42.5 Å². The van der Waals surface area contributed by atoms with E-state index in [9.17, 15) is 30.8 Å². The molecule has 10 heteroatoms. The molecule has 0 aliphatic rings. The van der Waals surface area contributed by atoms with E-state index in [0.29, 0.717) is 0 Å². The smallest absolute Gasteiger partial charge is 0.321 e. The van der Waals surface area contributed by atoms with Gasteiger partial charge < -0.3 is 5.32 Å². The number of halogens is 4. The molecule has 0 unspecified atom stereocenters. The molecule has 0 bridgehead atoms. The molecule has 0 atom stereocenters. The number of benzene rings is 3. The zero-order valence-corrected chi connectivity index (χ0v) is 15.9. The maximum Gasteiger partial charge on any atom is 0.418 e. The number of rotatable bonds is 5. The van der Waals surface area contributed by atoms with E-state index in [-0.39, 0.29) is 16.1 Å². The van der Waals surface area contributed by atoms with Gasteiger partial charge in [-0.2, -0.15) is 13.2 Å². The molecule has 156 valence electrons. The van der Waals surface area contributed by atoms with Gasteiger partial charge in [-0.25, -0.2) is 12.8 Å². The summed E-state index contributed by atoms with van der Waals surface area (Å²) >= 11 is 0. The van der Waals surface area contributed by atoms with Gasteiger partial charge in [0.15, 0.2) is 0 Å². The highest BCUT2D eigenvalue weighted by atomic mass is 32.2. The van der Waals surface area contributed by atoms with Crippen molar-refractivity contribution in [1.29, 1.82) is 0 Å². The maximum atomic E-state index is 13.7. The van der Waals surface area contributed by atoms with Crippen molar-refractivity contribution in [3.8, 4) is 0 Å². The van der Waals surface area contributed by atoms with E-state index in [1.165, 1.54) is 48.5 Å². The number of sulfonamides is 1. The van der Waals surface area contributed by atoms with E-state index in [1.54, 1.807) is 0 Å². The molecular weight excluding hydrogens is 424 g/mol. The third-order valence-electron chi connectivity index (χ3n) is 4.01. The van der Waals surface area contributed by atoms with Crippen LogP contribution in [0.5, 0.6) is 0 Å². The summed E-state index contributed by atoms with van der Waals surface area (Å²) < 4.78 is 80.1. The minimum Gasteiger partial charge on any atom is -0.321 e. The summed E-state index contributed by atoms with van der Waals surface area (Å²) in [5.41, 5.74) is -1.98. The predicted molar refractivity (Wildman–Crippen MR) is 103 cm³/mol. The second-order valence-electron chi connectivity index (χ2n) is 6.11. The zero-order valence-electron chi connectivity index (χ0n) is 15.1. The van der Waals surface area contributed by atoms with Crippen LogP contribution in [-0.2, 0) is 16.2 Å². The van der Waals surface area contributed by atoms with Crippen molar-refractivity contribution in [3.05, 3.63) is 89.7 Å². The normalized spacial score (nSPS) is 11.7. The molecule has 2 N–H and O–H groups in total. The molecule has 0 aromatic heterocycles. The molecule has 30 heavy (non-hydrogen) atoms. The predicted octanol–water partition coefficient (Wildman–Crippen LogP) is 4.90. The van der Waals surface area contributed by atoms with Crippen molar-refractivity contribution < 1.29 is 30.8 Å². The fourth-order valence-corrected chi connectivity index (χ4v) is 3.70. The van der Waals surface area contributed by atoms with Crippen LogP contribution in [0.3, 0.4) is 0 Å². The third kappa shape index (κ3) is 4.77. The molecule has 0 saturated carbocycles. The summed E-state index contributed by atoms with van der Waals surface area (Å²) in [5.74, 6) is -1.73. The lowest BCUT2D eigenvalue weighted by atomic mass is 10.1. The highest BCUT2D eigenvalue weighted by Gasteiger charge is 2.33. The Morgan fingerprint density at radius 2 is 1.47 bits per heavy atom. The number of carbonyl (C=O) groups excluding carboxylic acids is 1. The largest absolute Gasteiger partial charge is 0.418 e. The van der Waals surface area contributed by atoms with Gasteiger partial charge >= 0.3 is 6.18 Å². The van der Waals surface area contributed by atoms with Crippen LogP contribution >= 0.6 is 0 Å². The van der Waals surface area contributed by atoms with Crippen LogP contribution < -0.4 is 10.0 Å². The van der Waals surface area contributed by atoms with Crippen LogP contribution in [0.2, 0.25) is 0 Å². The average molecular weight is 438 g/mol. The maximum absolute atomic E-state index is 13.7. The van der Waals surface area contributed by atoms with E-state index >= 15 is 0 Å². The van der Waals surface area contributed by atoms with E-state index in [4.69, 9.17) is 0 Å². The average Bonchev–Trinajstić information content (AvgIpc) is 2.69. The molecular formula is C20H14F4N2O3S. The Balaban J connectivity index is 1.87. The Kier molecular flexibility index (Phi) is 5.79. The van der Waals surface area contributed by atoms with Gasteiger partial charge in [0.05, 0.1) is 21.8 Å². The first-order valence-corrected chi connectivity index (χ1v) is 9.91. The highest BCUT2D eigenvalue weighted by molar-refractivity contribution is 7.92. The second kappa shape index (κ2) is 8.15. The lowest BCUT2D eigenvalue weighted by Gasteiger charge is -2.14. The van der Waals surface area contributed by atoms with Crippen LogP contribution in [-0.4, -0.2) is 14.3 Å². The number of hydrogen-bond acceptors (Lipinski definition) is 3. The first-order chi connectivity index (χ1) is 14.1. The lowest BCUT2D eigenvalue weighted by molar-refractivity contribution is -0.136. The molecule has 0 fully saturated rings. The molecule has 5 nitrogen and oxygen atoms in total. The summed E-state index contributed by atoms with van der Waals surface area (Å²) in [6.07, 6.45) is -4.68. The Bertz CT molecular complexity index is 1190. The van der Waals surface area contributed by atoms with Crippen LogP contribution in [0.1, 0.15) is 15.9 Å². The Morgan fingerprint density at radius 3 is 2.13 bits per heavy atom. The fraction of sp³-hybridized carbons (Fsp3) is 0.0500. The molecule has 0 aliphatic heterocycles. The minimum atomic E-state index is -4.68. The summed E-state index contributed by atoms with van der Waals surface area (Å²) in [6.45, 7) is 0. The fourth-order valence-electron chi connectivity index (χ4n) is 2.59. The topological polar surface area (TPSA) is 75.3 Å². The van der Waals surface area contributed by atoms with Gasteiger partial charge in [0.1, 0.15) is 5.82 Å². The summed E-state index contributed by atoms with van der Waals surface area (Å²) in [5, 5.41) is 2.14. The van der Waals surface area contributed by atoms with Gasteiger partial charge in [0.2, 0.25) is 0 Å². The van der Waals surface area contributed by atoms with Crippen molar-refractivity contribution in [3.63, 3.8) is 0 Å². The zero-order chi connectivity index (χ0) is 21.9. The third-order valence-corrected chi connectivity index (χ3v) is 5.37. The number of carbonyl (C=O) groups is 1.